The number of fused-ring (bicyclic) bond motifs is 1. The van der Waals surface area contributed by atoms with Gasteiger partial charge in [-0.25, -0.2) is 4.39 Å². The predicted molar refractivity (Wildman–Crippen MR) is 91.2 cm³/mol. The van der Waals surface area contributed by atoms with Gasteiger partial charge in [-0.15, -0.1) is 0 Å². The number of nitrogens with zero attached hydrogens (tertiary/aromatic N) is 2. The first-order valence-corrected chi connectivity index (χ1v) is 8.42. The predicted octanol–water partition coefficient (Wildman–Crippen LogP) is 4.02. The fourth-order valence-corrected chi connectivity index (χ4v) is 4.05. The molecule has 0 aliphatic carbocycles. The lowest BCUT2D eigenvalue weighted by atomic mass is 9.86. The Balaban J connectivity index is 1.80. The number of aryl methyl sites for hydroxylation is 3. The van der Waals surface area contributed by atoms with Crippen LogP contribution in [0.4, 0.5) is 4.39 Å². The van der Waals surface area contributed by atoms with Crippen molar-refractivity contribution in [2.45, 2.75) is 33.1 Å². The summed E-state index contributed by atoms with van der Waals surface area (Å²) in [5.74, 6) is 0.737. The summed E-state index contributed by atoms with van der Waals surface area (Å²) in [6.07, 6.45) is 5.73. The smallest absolute Gasteiger partial charge is 0.102 e. The van der Waals surface area contributed by atoms with Crippen LogP contribution < -0.4 is 0 Å². The van der Waals surface area contributed by atoms with Crippen LogP contribution in [-0.2, 0) is 13.5 Å². The molecule has 0 spiro atoms. The Kier molecular flexibility index (Phi) is 4.53. The van der Waals surface area contributed by atoms with Crippen LogP contribution in [0.2, 0.25) is 0 Å². The number of hydrogen-bond donors (Lipinski definition) is 0. The van der Waals surface area contributed by atoms with Crippen molar-refractivity contribution >= 4 is 10.9 Å². The topological polar surface area (TPSA) is 8.17 Å². The maximum Gasteiger partial charge on any atom is 0.102 e. The van der Waals surface area contributed by atoms with Crippen molar-refractivity contribution in [3.8, 4) is 0 Å². The van der Waals surface area contributed by atoms with E-state index in [1.165, 1.54) is 40.4 Å². The molecule has 3 rings (SSSR count). The molecular weight excluding hydrogens is 275 g/mol. The zero-order valence-corrected chi connectivity index (χ0v) is 14.0. The zero-order valence-electron chi connectivity index (χ0n) is 14.0. The highest BCUT2D eigenvalue weighted by atomic mass is 19.1. The van der Waals surface area contributed by atoms with Crippen molar-refractivity contribution in [3.05, 3.63) is 35.0 Å². The summed E-state index contributed by atoms with van der Waals surface area (Å²) in [4.78, 5) is 2.26. The highest BCUT2D eigenvalue weighted by Gasteiger charge is 2.21. The monoisotopic (exact) mass is 302 g/mol. The van der Waals surface area contributed by atoms with Crippen LogP contribution in [0.1, 0.15) is 29.5 Å². The van der Waals surface area contributed by atoms with E-state index in [1.807, 2.05) is 0 Å². The number of alkyl halides is 1. The number of aromatic nitrogens is 1. The molecule has 1 aromatic heterocycles. The molecule has 0 bridgehead atoms. The summed E-state index contributed by atoms with van der Waals surface area (Å²) in [5.41, 5.74) is 5.67. The van der Waals surface area contributed by atoms with Gasteiger partial charge in [0.1, 0.15) is 6.67 Å². The Labute approximate surface area is 132 Å². The van der Waals surface area contributed by atoms with Gasteiger partial charge in [-0.05, 0) is 74.9 Å². The van der Waals surface area contributed by atoms with Gasteiger partial charge in [-0.1, -0.05) is 6.07 Å². The van der Waals surface area contributed by atoms with Crippen LogP contribution in [0.3, 0.4) is 0 Å². The molecule has 1 aromatic carbocycles. The number of rotatable bonds is 4. The average molecular weight is 302 g/mol. The maximum absolute atomic E-state index is 12.4. The van der Waals surface area contributed by atoms with E-state index >= 15 is 0 Å². The lowest BCUT2D eigenvalue weighted by Gasteiger charge is -2.31. The summed E-state index contributed by atoms with van der Waals surface area (Å²) in [6, 6.07) is 4.60. The Morgan fingerprint density at radius 2 is 1.91 bits per heavy atom. The third-order valence-electron chi connectivity index (χ3n) is 5.28. The van der Waals surface area contributed by atoms with Gasteiger partial charge in [0.25, 0.3) is 0 Å². The molecule has 0 amide bonds. The normalized spacial score (nSPS) is 17.5. The Morgan fingerprint density at radius 1 is 1.18 bits per heavy atom. The zero-order chi connectivity index (χ0) is 15.7. The van der Waals surface area contributed by atoms with Gasteiger partial charge in [0.2, 0.25) is 0 Å². The van der Waals surface area contributed by atoms with Gasteiger partial charge in [-0.3, -0.25) is 0 Å². The van der Waals surface area contributed by atoms with Crippen molar-refractivity contribution in [2.75, 3.05) is 26.3 Å². The molecule has 2 aromatic rings. The first-order chi connectivity index (χ1) is 10.6. The van der Waals surface area contributed by atoms with Gasteiger partial charge in [0.15, 0.2) is 0 Å². The number of halogens is 1. The number of piperidine rings is 1. The highest BCUT2D eigenvalue weighted by molar-refractivity contribution is 5.87. The summed E-state index contributed by atoms with van der Waals surface area (Å²) >= 11 is 0. The van der Waals surface area contributed by atoms with Crippen LogP contribution in [0.25, 0.3) is 10.9 Å². The van der Waals surface area contributed by atoms with Crippen LogP contribution in [0.5, 0.6) is 0 Å². The molecule has 1 aliphatic rings. The molecule has 0 saturated carbocycles. The summed E-state index contributed by atoms with van der Waals surface area (Å²) in [5, 5.41) is 1.42. The van der Waals surface area contributed by atoms with E-state index < -0.39 is 0 Å². The molecular formula is C19H27FN2. The SMILES string of the molecule is Cc1cc(C)c2c(ccn2C)c1CC1CCN(CCF)CC1. The molecule has 0 atom stereocenters. The van der Waals surface area contributed by atoms with Gasteiger partial charge >= 0.3 is 0 Å². The van der Waals surface area contributed by atoms with Crippen molar-refractivity contribution < 1.29 is 4.39 Å². The molecule has 120 valence electrons. The molecule has 22 heavy (non-hydrogen) atoms. The van der Waals surface area contributed by atoms with Gasteiger partial charge in [0.05, 0.1) is 5.52 Å². The third kappa shape index (κ3) is 2.91. The molecule has 0 N–H and O–H groups in total. The van der Waals surface area contributed by atoms with E-state index in [0.717, 1.165) is 25.4 Å². The molecule has 2 nitrogen and oxygen atoms in total. The molecule has 0 unspecified atom stereocenters. The minimum absolute atomic E-state index is 0.216. The molecule has 1 saturated heterocycles. The quantitative estimate of drug-likeness (QED) is 0.828. The van der Waals surface area contributed by atoms with E-state index in [1.54, 1.807) is 0 Å². The molecule has 0 radical (unpaired) electrons. The average Bonchev–Trinajstić information content (AvgIpc) is 2.88. The lowest BCUT2D eigenvalue weighted by Crippen LogP contribution is -2.35. The minimum Gasteiger partial charge on any atom is -0.350 e. The van der Waals surface area contributed by atoms with Gasteiger partial charge in [0, 0.05) is 25.2 Å². The maximum atomic E-state index is 12.4. The molecule has 3 heteroatoms. The largest absolute Gasteiger partial charge is 0.350 e. The third-order valence-corrected chi connectivity index (χ3v) is 5.28. The standard InChI is InChI=1S/C19H27FN2/c1-14-12-15(2)19-17(6-8-21(19)3)18(14)13-16-4-9-22(10-5-16)11-7-20/h6,8,12,16H,4-5,7,9-11,13H2,1-3H3. The first kappa shape index (κ1) is 15.5. The van der Waals surface area contributed by atoms with Crippen molar-refractivity contribution in [2.24, 2.45) is 13.0 Å². The minimum atomic E-state index is -0.216. The van der Waals surface area contributed by atoms with Crippen LogP contribution in [-0.4, -0.2) is 35.8 Å². The second kappa shape index (κ2) is 6.41. The Hall–Kier alpha value is -1.35. The Morgan fingerprint density at radius 3 is 2.59 bits per heavy atom. The number of benzene rings is 1. The Bertz CT molecular complexity index is 651. The summed E-state index contributed by atoms with van der Waals surface area (Å²) in [6.45, 7) is 6.95. The van der Waals surface area contributed by atoms with Crippen molar-refractivity contribution in [1.29, 1.82) is 0 Å². The summed E-state index contributed by atoms with van der Waals surface area (Å²) < 4.78 is 14.7. The second-order valence-electron chi connectivity index (χ2n) is 6.86. The fraction of sp³-hybridized carbons (Fsp3) is 0.579. The first-order valence-electron chi connectivity index (χ1n) is 8.42. The van der Waals surface area contributed by atoms with E-state index in [9.17, 15) is 4.39 Å². The van der Waals surface area contributed by atoms with Gasteiger partial charge < -0.3 is 9.47 Å². The molecule has 2 heterocycles. The van der Waals surface area contributed by atoms with E-state index in [0.29, 0.717) is 6.54 Å². The second-order valence-corrected chi connectivity index (χ2v) is 6.86. The molecule has 1 aliphatic heterocycles. The molecule has 1 fully saturated rings. The van der Waals surface area contributed by atoms with Crippen LogP contribution >= 0.6 is 0 Å². The van der Waals surface area contributed by atoms with Gasteiger partial charge in [-0.2, -0.15) is 0 Å². The summed E-state index contributed by atoms with van der Waals surface area (Å²) in [7, 11) is 2.13. The van der Waals surface area contributed by atoms with Crippen molar-refractivity contribution in [3.63, 3.8) is 0 Å². The van der Waals surface area contributed by atoms with Crippen LogP contribution in [0.15, 0.2) is 18.3 Å². The lowest BCUT2D eigenvalue weighted by molar-refractivity contribution is 0.172. The van der Waals surface area contributed by atoms with Crippen LogP contribution in [0, 0.1) is 19.8 Å². The number of hydrogen-bond acceptors (Lipinski definition) is 1. The highest BCUT2D eigenvalue weighted by Crippen LogP contribution is 2.31. The number of likely N-dealkylation sites (tertiary alicyclic amines) is 1. The van der Waals surface area contributed by atoms with Crippen molar-refractivity contribution in [1.82, 2.24) is 9.47 Å². The van der Waals surface area contributed by atoms with E-state index in [4.69, 9.17) is 0 Å². The van der Waals surface area contributed by atoms with E-state index in [-0.39, 0.29) is 6.67 Å². The van der Waals surface area contributed by atoms with E-state index in [2.05, 4.69) is 48.7 Å². The fourth-order valence-electron chi connectivity index (χ4n) is 4.05.